The standard InChI is InChI=1S/C20H36N2O8/c1-14(20(28)30-16(11-18(25)26)13-22(5,6)7)8-9-19(27)29-15(10-17(23)24)12-21(2,3)4/h14-16H,8-13H2,1-7H3. The molecule has 0 saturated heterocycles. The van der Waals surface area contributed by atoms with Gasteiger partial charge in [0.05, 0.1) is 48.2 Å². The Balaban J connectivity index is 4.74. The Labute approximate surface area is 178 Å². The van der Waals surface area contributed by atoms with Crippen molar-refractivity contribution in [2.45, 2.75) is 44.8 Å². The summed E-state index contributed by atoms with van der Waals surface area (Å²) in [5.41, 5.74) is 0. The maximum atomic E-state index is 12.3. The molecule has 10 nitrogen and oxygen atoms in total. The Morgan fingerprint density at radius 3 is 1.53 bits per heavy atom. The van der Waals surface area contributed by atoms with Gasteiger partial charge in [-0.25, -0.2) is 0 Å². The first-order valence-corrected chi connectivity index (χ1v) is 9.89. The van der Waals surface area contributed by atoms with E-state index in [9.17, 15) is 29.4 Å². The minimum atomic E-state index is -1.31. The van der Waals surface area contributed by atoms with Crippen LogP contribution in [0.25, 0.3) is 0 Å². The summed E-state index contributed by atoms with van der Waals surface area (Å²) >= 11 is 0. The third kappa shape index (κ3) is 14.7. The van der Waals surface area contributed by atoms with Crippen LogP contribution in [0.15, 0.2) is 0 Å². The number of likely N-dealkylation sites (N-methyl/N-ethyl adjacent to an activating group) is 2. The zero-order chi connectivity index (χ0) is 23.7. The lowest BCUT2D eigenvalue weighted by atomic mass is 10.1. The van der Waals surface area contributed by atoms with Crippen LogP contribution in [0.5, 0.6) is 0 Å². The predicted molar refractivity (Wildman–Crippen MR) is 103 cm³/mol. The molecule has 30 heavy (non-hydrogen) atoms. The summed E-state index contributed by atoms with van der Waals surface area (Å²) in [7, 11) is 11.0. The van der Waals surface area contributed by atoms with E-state index in [1.165, 1.54) is 0 Å². The number of carbonyl (C=O) groups excluding carboxylic acids is 4. The fraction of sp³-hybridized carbons (Fsp3) is 0.800. The van der Waals surface area contributed by atoms with Crippen LogP contribution < -0.4 is 10.2 Å². The van der Waals surface area contributed by atoms with E-state index in [1.54, 1.807) is 6.92 Å². The molecule has 174 valence electrons. The molecule has 0 saturated carbocycles. The largest absolute Gasteiger partial charge is 0.550 e. The molecule has 0 bridgehead atoms. The molecule has 0 rings (SSSR count). The summed E-state index contributed by atoms with van der Waals surface area (Å²) in [5.74, 6) is -4.51. The van der Waals surface area contributed by atoms with Crippen LogP contribution in [0.3, 0.4) is 0 Å². The molecule has 0 aliphatic rings. The predicted octanol–water partition coefficient (Wildman–Crippen LogP) is -2.08. The molecule has 0 radical (unpaired) electrons. The molecule has 0 amide bonds. The Kier molecular flexibility index (Phi) is 11.0. The minimum absolute atomic E-state index is 0.0998. The number of esters is 2. The fourth-order valence-electron chi connectivity index (χ4n) is 2.86. The molecule has 0 aliphatic carbocycles. The van der Waals surface area contributed by atoms with Gasteiger partial charge in [-0.2, -0.15) is 0 Å². The number of hydrogen-bond donors (Lipinski definition) is 0. The summed E-state index contributed by atoms with van der Waals surface area (Å²) in [4.78, 5) is 46.2. The third-order valence-electron chi connectivity index (χ3n) is 4.06. The number of nitrogens with zero attached hydrogens (tertiary/aromatic N) is 2. The van der Waals surface area contributed by atoms with Gasteiger partial charge >= 0.3 is 11.9 Å². The second-order valence-corrected chi connectivity index (χ2v) is 9.71. The first kappa shape index (κ1) is 27.8. The lowest BCUT2D eigenvalue weighted by Gasteiger charge is -2.30. The van der Waals surface area contributed by atoms with E-state index < -0.39 is 54.8 Å². The molecule has 0 spiro atoms. The summed E-state index contributed by atoms with van der Waals surface area (Å²) in [6.45, 7) is 2.17. The van der Waals surface area contributed by atoms with Crippen molar-refractivity contribution in [1.82, 2.24) is 0 Å². The second kappa shape index (κ2) is 11.8. The molecule has 0 aromatic rings. The van der Waals surface area contributed by atoms with Gasteiger partial charge < -0.3 is 38.2 Å². The highest BCUT2D eigenvalue weighted by molar-refractivity contribution is 5.75. The van der Waals surface area contributed by atoms with E-state index in [4.69, 9.17) is 9.47 Å². The number of carbonyl (C=O) groups is 4. The van der Waals surface area contributed by atoms with E-state index in [-0.39, 0.29) is 12.8 Å². The van der Waals surface area contributed by atoms with E-state index in [1.807, 2.05) is 42.3 Å². The Morgan fingerprint density at radius 1 is 0.767 bits per heavy atom. The van der Waals surface area contributed by atoms with Gasteiger partial charge in [0.25, 0.3) is 0 Å². The fourth-order valence-corrected chi connectivity index (χ4v) is 2.86. The highest BCUT2D eigenvalue weighted by Crippen LogP contribution is 2.14. The summed E-state index contributed by atoms with van der Waals surface area (Å²) < 4.78 is 11.4. The van der Waals surface area contributed by atoms with Crippen molar-refractivity contribution in [3.63, 3.8) is 0 Å². The molecular formula is C20H36N2O8. The number of carboxylic acid groups (broad SMARTS) is 2. The van der Waals surface area contributed by atoms with E-state index in [2.05, 4.69) is 0 Å². The monoisotopic (exact) mass is 432 g/mol. The number of aliphatic carboxylic acids is 2. The summed E-state index contributed by atoms with van der Waals surface area (Å²) in [5, 5.41) is 21.8. The van der Waals surface area contributed by atoms with Crippen LogP contribution in [0, 0.1) is 5.92 Å². The molecule has 0 aliphatic heterocycles. The topological polar surface area (TPSA) is 133 Å². The summed E-state index contributed by atoms with van der Waals surface area (Å²) in [6.07, 6.45) is -2.46. The number of hydrogen-bond acceptors (Lipinski definition) is 8. The molecule has 0 N–H and O–H groups in total. The first-order valence-electron chi connectivity index (χ1n) is 9.89. The van der Waals surface area contributed by atoms with Crippen LogP contribution in [-0.4, -0.2) is 100 Å². The molecule has 0 heterocycles. The second-order valence-electron chi connectivity index (χ2n) is 9.71. The van der Waals surface area contributed by atoms with Gasteiger partial charge in [-0.05, 0) is 6.42 Å². The molecule has 0 fully saturated rings. The number of rotatable bonds is 14. The molecule has 10 heteroatoms. The highest BCUT2D eigenvalue weighted by atomic mass is 16.6. The highest BCUT2D eigenvalue weighted by Gasteiger charge is 2.27. The number of ether oxygens (including phenoxy) is 2. The zero-order valence-corrected chi connectivity index (χ0v) is 19.1. The van der Waals surface area contributed by atoms with Gasteiger partial charge in [-0.1, -0.05) is 6.92 Å². The maximum Gasteiger partial charge on any atom is 0.309 e. The average molecular weight is 433 g/mol. The Hall–Kier alpha value is -2.20. The van der Waals surface area contributed by atoms with Gasteiger partial charge in [0.1, 0.15) is 13.1 Å². The molecule has 3 unspecified atom stereocenters. The van der Waals surface area contributed by atoms with Gasteiger partial charge in [-0.3, -0.25) is 9.59 Å². The molecule has 0 aromatic carbocycles. The van der Waals surface area contributed by atoms with Crippen molar-refractivity contribution in [3.05, 3.63) is 0 Å². The van der Waals surface area contributed by atoms with Gasteiger partial charge in [0.2, 0.25) is 0 Å². The molecule has 3 atom stereocenters. The third-order valence-corrected chi connectivity index (χ3v) is 4.06. The van der Waals surface area contributed by atoms with Gasteiger partial charge in [0.15, 0.2) is 12.2 Å². The molecular weight excluding hydrogens is 396 g/mol. The lowest BCUT2D eigenvalue weighted by molar-refractivity contribution is -0.873. The quantitative estimate of drug-likeness (QED) is 0.226. The van der Waals surface area contributed by atoms with Crippen LogP contribution >= 0.6 is 0 Å². The SMILES string of the molecule is CC(CCC(=O)OC(CC(=O)[O-])C[N+](C)(C)C)C(=O)OC(CC(=O)[O-])C[N+](C)(C)C. The van der Waals surface area contributed by atoms with Gasteiger partial charge in [-0.15, -0.1) is 0 Å². The maximum absolute atomic E-state index is 12.3. The Bertz CT molecular complexity index is 607. The minimum Gasteiger partial charge on any atom is -0.550 e. The van der Waals surface area contributed by atoms with Crippen molar-refractivity contribution in [3.8, 4) is 0 Å². The van der Waals surface area contributed by atoms with Crippen LogP contribution in [-0.2, 0) is 28.7 Å². The van der Waals surface area contributed by atoms with Gasteiger partial charge in [0, 0.05) is 31.2 Å². The van der Waals surface area contributed by atoms with Crippen molar-refractivity contribution in [2.24, 2.45) is 5.92 Å². The normalized spacial score (nSPS) is 15.0. The van der Waals surface area contributed by atoms with Crippen molar-refractivity contribution in [2.75, 3.05) is 55.4 Å². The Morgan fingerprint density at radius 2 is 1.17 bits per heavy atom. The van der Waals surface area contributed by atoms with Crippen LogP contribution in [0.1, 0.15) is 32.6 Å². The van der Waals surface area contributed by atoms with Crippen LogP contribution in [0.2, 0.25) is 0 Å². The van der Waals surface area contributed by atoms with E-state index in [0.717, 1.165) is 0 Å². The first-order chi connectivity index (χ1) is 13.5. The number of carboxylic acids is 2. The van der Waals surface area contributed by atoms with Crippen molar-refractivity contribution >= 4 is 23.9 Å². The van der Waals surface area contributed by atoms with E-state index in [0.29, 0.717) is 22.1 Å². The van der Waals surface area contributed by atoms with Crippen molar-refractivity contribution in [1.29, 1.82) is 0 Å². The molecule has 0 aromatic heterocycles. The number of quaternary nitrogens is 2. The lowest BCUT2D eigenvalue weighted by Crippen LogP contribution is -2.45. The average Bonchev–Trinajstić information content (AvgIpc) is 2.47. The summed E-state index contributed by atoms with van der Waals surface area (Å²) in [6, 6.07) is 0. The van der Waals surface area contributed by atoms with Crippen molar-refractivity contribution < 1.29 is 47.8 Å². The smallest absolute Gasteiger partial charge is 0.309 e. The van der Waals surface area contributed by atoms with Crippen LogP contribution in [0.4, 0.5) is 0 Å². The van der Waals surface area contributed by atoms with E-state index >= 15 is 0 Å². The zero-order valence-electron chi connectivity index (χ0n) is 19.1.